The van der Waals surface area contributed by atoms with E-state index in [0.717, 1.165) is 32.4 Å². The Bertz CT molecular complexity index is 590. The lowest BCUT2D eigenvalue weighted by molar-refractivity contribution is -0.193. The molecule has 0 spiro atoms. The molecule has 0 bridgehead atoms. The van der Waals surface area contributed by atoms with Crippen LogP contribution in [0.25, 0.3) is 0 Å². The average molecular weight is 418 g/mol. The van der Waals surface area contributed by atoms with Crippen LogP contribution in [0.3, 0.4) is 0 Å². The van der Waals surface area contributed by atoms with Crippen molar-refractivity contribution in [2.45, 2.75) is 37.2 Å². The highest BCUT2D eigenvalue weighted by Gasteiger charge is 2.38. The van der Waals surface area contributed by atoms with Crippen LogP contribution in [-0.2, 0) is 16.0 Å². The highest BCUT2D eigenvalue weighted by molar-refractivity contribution is 5.73. The topological polar surface area (TPSA) is 113 Å². The molecule has 28 heavy (non-hydrogen) atoms. The summed E-state index contributed by atoms with van der Waals surface area (Å²) in [6.07, 6.45) is -6.99. The second kappa shape index (κ2) is 10.9. The van der Waals surface area contributed by atoms with E-state index in [2.05, 4.69) is 35.6 Å². The predicted molar refractivity (Wildman–Crippen MR) is 86.5 cm³/mol. The molecule has 0 unspecified atom stereocenters. The van der Waals surface area contributed by atoms with Gasteiger partial charge in [-0.2, -0.15) is 26.3 Å². The summed E-state index contributed by atoms with van der Waals surface area (Å²) in [5.41, 5.74) is 7.73. The van der Waals surface area contributed by atoms with Crippen LogP contribution in [0.1, 0.15) is 18.4 Å². The first-order valence-corrected chi connectivity index (χ1v) is 7.81. The third-order valence-corrected chi connectivity index (χ3v) is 3.48. The van der Waals surface area contributed by atoms with Gasteiger partial charge in [0.25, 0.3) is 0 Å². The van der Waals surface area contributed by atoms with Crippen molar-refractivity contribution in [3.63, 3.8) is 0 Å². The van der Waals surface area contributed by atoms with Crippen LogP contribution >= 0.6 is 0 Å². The Hall–Kier alpha value is -2.34. The van der Waals surface area contributed by atoms with Crippen LogP contribution in [-0.4, -0.2) is 53.1 Å². The number of halogens is 6. The van der Waals surface area contributed by atoms with Crippen LogP contribution in [0.4, 0.5) is 26.3 Å². The molecule has 160 valence electrons. The summed E-state index contributed by atoms with van der Waals surface area (Å²) in [4.78, 5) is 17.8. The first-order valence-electron chi connectivity index (χ1n) is 7.81. The Morgan fingerprint density at radius 1 is 0.929 bits per heavy atom. The molecule has 1 fully saturated rings. The number of hydrogen-bond donors (Lipinski definition) is 4. The smallest absolute Gasteiger partial charge is 0.475 e. The monoisotopic (exact) mass is 418 g/mol. The Kier molecular flexibility index (Phi) is 9.95. The zero-order valence-corrected chi connectivity index (χ0v) is 14.5. The number of benzene rings is 1. The molecule has 5 N–H and O–H groups in total. The Morgan fingerprint density at radius 2 is 1.29 bits per heavy atom. The zero-order valence-electron chi connectivity index (χ0n) is 14.5. The van der Waals surface area contributed by atoms with E-state index in [0.29, 0.717) is 0 Å². The van der Waals surface area contributed by atoms with Crippen molar-refractivity contribution in [2.75, 3.05) is 13.1 Å². The molecular formula is C16H20F6N2O4. The quantitative estimate of drug-likeness (QED) is 0.550. The summed E-state index contributed by atoms with van der Waals surface area (Å²) in [7, 11) is 0. The number of hydrogen-bond acceptors (Lipinski definition) is 4. The maximum atomic E-state index is 10.6. The number of aliphatic carboxylic acids is 2. The third kappa shape index (κ3) is 11.4. The molecule has 0 aromatic heterocycles. The standard InChI is InChI=1S/C12H18N2.2C2HF3O2/c13-12(6-8-14-9-7-12)10-11-4-2-1-3-5-11;2*3-2(4,5)1(6)7/h1-5,14H,6-10,13H2;2*(H,6,7). The Morgan fingerprint density at radius 3 is 1.61 bits per heavy atom. The van der Waals surface area contributed by atoms with E-state index < -0.39 is 24.3 Å². The Balaban J connectivity index is 0.000000444. The molecule has 6 nitrogen and oxygen atoms in total. The van der Waals surface area contributed by atoms with Crippen molar-refractivity contribution in [1.29, 1.82) is 0 Å². The van der Waals surface area contributed by atoms with E-state index in [4.69, 9.17) is 25.5 Å². The third-order valence-electron chi connectivity index (χ3n) is 3.48. The van der Waals surface area contributed by atoms with Gasteiger partial charge < -0.3 is 21.3 Å². The molecule has 1 heterocycles. The van der Waals surface area contributed by atoms with Gasteiger partial charge in [-0.25, -0.2) is 9.59 Å². The molecule has 0 atom stereocenters. The lowest BCUT2D eigenvalue weighted by atomic mass is 9.83. The summed E-state index contributed by atoms with van der Waals surface area (Å²) in [5.74, 6) is -5.51. The van der Waals surface area contributed by atoms with Crippen molar-refractivity contribution in [3.05, 3.63) is 35.9 Å². The predicted octanol–water partition coefficient (Wildman–Crippen LogP) is 2.58. The number of rotatable bonds is 2. The molecule has 0 radical (unpaired) electrons. The number of carbonyl (C=O) groups is 2. The van der Waals surface area contributed by atoms with Gasteiger partial charge in [-0.05, 0) is 37.9 Å². The summed E-state index contributed by atoms with van der Waals surface area (Å²) < 4.78 is 63.5. The molecular weight excluding hydrogens is 398 g/mol. The van der Waals surface area contributed by atoms with Gasteiger partial charge in [0.15, 0.2) is 0 Å². The zero-order chi connectivity index (χ0) is 22.0. The fourth-order valence-electron chi connectivity index (χ4n) is 2.10. The number of nitrogens with one attached hydrogen (secondary N) is 1. The van der Waals surface area contributed by atoms with E-state index in [1.54, 1.807) is 0 Å². The molecule has 1 saturated heterocycles. The fraction of sp³-hybridized carbons (Fsp3) is 0.500. The number of carboxylic acids is 2. The van der Waals surface area contributed by atoms with Crippen molar-refractivity contribution in [2.24, 2.45) is 5.73 Å². The molecule has 1 aromatic carbocycles. The van der Waals surface area contributed by atoms with Gasteiger partial charge in [0.1, 0.15) is 0 Å². The van der Waals surface area contributed by atoms with Gasteiger partial charge in [0, 0.05) is 5.54 Å². The van der Waals surface area contributed by atoms with Crippen LogP contribution in [0.15, 0.2) is 30.3 Å². The highest BCUT2D eigenvalue weighted by atomic mass is 19.4. The van der Waals surface area contributed by atoms with Gasteiger partial charge in [0.05, 0.1) is 0 Å². The summed E-state index contributed by atoms with van der Waals surface area (Å²) in [6, 6.07) is 10.5. The van der Waals surface area contributed by atoms with Crippen LogP contribution in [0.2, 0.25) is 0 Å². The molecule has 1 aromatic rings. The summed E-state index contributed by atoms with van der Waals surface area (Å²) >= 11 is 0. The maximum absolute atomic E-state index is 10.6. The second-order valence-corrected chi connectivity index (χ2v) is 5.88. The summed E-state index contributed by atoms with van der Waals surface area (Å²) in [6.45, 7) is 2.12. The average Bonchev–Trinajstić information content (AvgIpc) is 2.55. The number of nitrogens with two attached hydrogens (primary N) is 1. The van der Waals surface area contributed by atoms with Crippen molar-refractivity contribution in [3.8, 4) is 0 Å². The SMILES string of the molecule is NC1(Cc2ccccc2)CCNCC1.O=C(O)C(F)(F)F.O=C(O)C(F)(F)F. The molecule has 0 aliphatic carbocycles. The molecule has 1 aliphatic rings. The summed E-state index contributed by atoms with van der Waals surface area (Å²) in [5, 5.41) is 17.6. The lowest BCUT2D eigenvalue weighted by Gasteiger charge is -2.34. The number of carboxylic acid groups (broad SMARTS) is 2. The maximum Gasteiger partial charge on any atom is 0.490 e. The minimum absolute atomic E-state index is 0.0204. The minimum atomic E-state index is -5.08. The van der Waals surface area contributed by atoms with Crippen LogP contribution in [0, 0.1) is 0 Å². The molecule has 0 amide bonds. The highest BCUT2D eigenvalue weighted by Crippen LogP contribution is 2.20. The van der Waals surface area contributed by atoms with Gasteiger partial charge in [-0.3, -0.25) is 0 Å². The number of alkyl halides is 6. The van der Waals surface area contributed by atoms with Crippen LogP contribution in [0.5, 0.6) is 0 Å². The van der Waals surface area contributed by atoms with Gasteiger partial charge >= 0.3 is 24.3 Å². The van der Waals surface area contributed by atoms with Crippen molar-refractivity contribution in [1.82, 2.24) is 5.32 Å². The first kappa shape index (κ1) is 25.7. The lowest BCUT2D eigenvalue weighted by Crippen LogP contribution is -2.50. The van der Waals surface area contributed by atoms with Gasteiger partial charge in [0.2, 0.25) is 0 Å². The van der Waals surface area contributed by atoms with Crippen molar-refractivity contribution < 1.29 is 46.1 Å². The first-order chi connectivity index (χ1) is 12.7. The molecule has 1 aliphatic heterocycles. The van der Waals surface area contributed by atoms with E-state index in [1.807, 2.05) is 0 Å². The van der Waals surface area contributed by atoms with Crippen molar-refractivity contribution >= 4 is 11.9 Å². The normalized spacial score (nSPS) is 16.0. The molecule has 12 heteroatoms. The largest absolute Gasteiger partial charge is 0.490 e. The minimum Gasteiger partial charge on any atom is -0.475 e. The van der Waals surface area contributed by atoms with E-state index in [-0.39, 0.29) is 5.54 Å². The Labute approximate surface area is 156 Å². The number of piperidine rings is 1. The fourth-order valence-corrected chi connectivity index (χ4v) is 2.10. The van der Waals surface area contributed by atoms with E-state index >= 15 is 0 Å². The molecule has 0 saturated carbocycles. The van der Waals surface area contributed by atoms with E-state index in [1.165, 1.54) is 5.56 Å². The molecule has 2 rings (SSSR count). The van der Waals surface area contributed by atoms with Crippen LogP contribution < -0.4 is 11.1 Å². The van der Waals surface area contributed by atoms with E-state index in [9.17, 15) is 26.3 Å². The second-order valence-electron chi connectivity index (χ2n) is 5.88. The van der Waals surface area contributed by atoms with Gasteiger partial charge in [-0.15, -0.1) is 0 Å². The van der Waals surface area contributed by atoms with Gasteiger partial charge in [-0.1, -0.05) is 30.3 Å².